The summed E-state index contributed by atoms with van der Waals surface area (Å²) in [5, 5.41) is 5.68. The van der Waals surface area contributed by atoms with E-state index in [-0.39, 0.29) is 18.6 Å². The number of hydrogen-bond donors (Lipinski definition) is 2. The zero-order chi connectivity index (χ0) is 20.2. The monoisotopic (exact) mass is 452 g/mol. The number of ether oxygens (including phenoxy) is 2. The number of anilines is 1. The van der Waals surface area contributed by atoms with Crippen molar-refractivity contribution in [3.63, 3.8) is 0 Å². The van der Waals surface area contributed by atoms with Gasteiger partial charge in [-0.25, -0.2) is 0 Å². The average Bonchev–Trinajstić information content (AvgIpc) is 3.20. The Balaban J connectivity index is 1.46. The highest BCUT2D eigenvalue weighted by Crippen LogP contribution is 2.32. The van der Waals surface area contributed by atoms with E-state index in [4.69, 9.17) is 9.47 Å². The molecule has 0 fully saturated rings. The summed E-state index contributed by atoms with van der Waals surface area (Å²) in [5.74, 6) is 0.786. The van der Waals surface area contributed by atoms with Crippen LogP contribution < -0.4 is 20.1 Å². The fourth-order valence-corrected chi connectivity index (χ4v) is 3.34. The van der Waals surface area contributed by atoms with Crippen LogP contribution in [0.3, 0.4) is 0 Å². The van der Waals surface area contributed by atoms with E-state index in [0.717, 1.165) is 10.0 Å². The minimum atomic E-state index is -0.290. The zero-order valence-electron chi connectivity index (χ0n) is 15.3. The molecular weight excluding hydrogens is 436 g/mol. The third-order valence-electron chi connectivity index (χ3n) is 4.40. The van der Waals surface area contributed by atoms with Gasteiger partial charge in [0.25, 0.3) is 11.8 Å². The van der Waals surface area contributed by atoms with Gasteiger partial charge in [-0.05, 0) is 48.0 Å². The topological polar surface area (TPSA) is 76.7 Å². The highest BCUT2D eigenvalue weighted by atomic mass is 79.9. The SMILES string of the molecule is O=C(Nc1ccccc1C(=O)NCc1ccc2c(c1)OCO2)c1cccc(Br)c1. The number of nitrogens with one attached hydrogen (secondary N) is 2. The maximum absolute atomic E-state index is 12.7. The number of amides is 2. The first-order chi connectivity index (χ1) is 14.1. The second-order valence-corrected chi connectivity index (χ2v) is 7.30. The summed E-state index contributed by atoms with van der Waals surface area (Å²) in [5.41, 5.74) is 2.21. The van der Waals surface area contributed by atoms with Crippen molar-refractivity contribution < 1.29 is 19.1 Å². The Kier molecular flexibility index (Phi) is 5.48. The van der Waals surface area contributed by atoms with Crippen molar-refractivity contribution in [2.45, 2.75) is 6.54 Å². The van der Waals surface area contributed by atoms with Crippen LogP contribution in [0.4, 0.5) is 5.69 Å². The number of rotatable bonds is 5. The largest absolute Gasteiger partial charge is 0.454 e. The molecule has 1 aliphatic rings. The molecule has 3 aromatic rings. The molecule has 0 radical (unpaired) electrons. The minimum absolute atomic E-state index is 0.205. The molecule has 1 aliphatic heterocycles. The van der Waals surface area contributed by atoms with Crippen LogP contribution in [0.5, 0.6) is 11.5 Å². The molecule has 7 heteroatoms. The van der Waals surface area contributed by atoms with Crippen LogP contribution in [0.2, 0.25) is 0 Å². The molecule has 146 valence electrons. The molecule has 29 heavy (non-hydrogen) atoms. The Morgan fingerprint density at radius 2 is 1.72 bits per heavy atom. The lowest BCUT2D eigenvalue weighted by molar-refractivity contribution is 0.0951. The molecule has 0 atom stereocenters. The Morgan fingerprint density at radius 3 is 2.59 bits per heavy atom. The highest BCUT2D eigenvalue weighted by molar-refractivity contribution is 9.10. The van der Waals surface area contributed by atoms with Gasteiger partial charge in [-0.15, -0.1) is 0 Å². The van der Waals surface area contributed by atoms with Gasteiger partial charge in [-0.1, -0.05) is 40.2 Å². The second kappa shape index (κ2) is 8.36. The van der Waals surface area contributed by atoms with Crippen molar-refractivity contribution in [1.82, 2.24) is 5.32 Å². The Bertz CT molecular complexity index is 1080. The molecule has 0 saturated heterocycles. The third-order valence-corrected chi connectivity index (χ3v) is 4.89. The normalized spacial score (nSPS) is 11.8. The molecule has 0 aromatic heterocycles. The van der Waals surface area contributed by atoms with Crippen molar-refractivity contribution in [3.05, 3.63) is 87.9 Å². The van der Waals surface area contributed by atoms with E-state index in [1.807, 2.05) is 24.3 Å². The van der Waals surface area contributed by atoms with Crippen molar-refractivity contribution in [1.29, 1.82) is 0 Å². The Labute approximate surface area is 176 Å². The summed E-state index contributed by atoms with van der Waals surface area (Å²) in [6.45, 7) is 0.527. The zero-order valence-corrected chi connectivity index (χ0v) is 16.9. The fourth-order valence-electron chi connectivity index (χ4n) is 2.94. The van der Waals surface area contributed by atoms with Crippen LogP contribution in [-0.4, -0.2) is 18.6 Å². The molecule has 6 nitrogen and oxygen atoms in total. The Hall–Kier alpha value is -3.32. The lowest BCUT2D eigenvalue weighted by Gasteiger charge is -2.12. The second-order valence-electron chi connectivity index (χ2n) is 6.38. The van der Waals surface area contributed by atoms with E-state index in [0.29, 0.717) is 34.9 Å². The van der Waals surface area contributed by atoms with Gasteiger partial charge in [0.1, 0.15) is 0 Å². The van der Waals surface area contributed by atoms with E-state index >= 15 is 0 Å². The first-order valence-corrected chi connectivity index (χ1v) is 9.72. The maximum Gasteiger partial charge on any atom is 0.255 e. The summed E-state index contributed by atoms with van der Waals surface area (Å²) >= 11 is 3.35. The fraction of sp³-hybridized carbons (Fsp3) is 0.0909. The van der Waals surface area contributed by atoms with E-state index in [9.17, 15) is 9.59 Å². The minimum Gasteiger partial charge on any atom is -0.454 e. The molecule has 0 unspecified atom stereocenters. The van der Waals surface area contributed by atoms with Gasteiger partial charge in [0.15, 0.2) is 11.5 Å². The number of benzene rings is 3. The van der Waals surface area contributed by atoms with Crippen molar-refractivity contribution in [2.75, 3.05) is 12.1 Å². The summed E-state index contributed by atoms with van der Waals surface area (Å²) in [6, 6.07) is 19.5. The van der Waals surface area contributed by atoms with E-state index in [1.165, 1.54) is 0 Å². The summed E-state index contributed by atoms with van der Waals surface area (Å²) in [4.78, 5) is 25.3. The van der Waals surface area contributed by atoms with Crippen LogP contribution in [0.15, 0.2) is 71.2 Å². The lowest BCUT2D eigenvalue weighted by atomic mass is 10.1. The van der Waals surface area contributed by atoms with Gasteiger partial charge < -0.3 is 20.1 Å². The van der Waals surface area contributed by atoms with Crippen LogP contribution >= 0.6 is 15.9 Å². The number of fused-ring (bicyclic) bond motifs is 1. The molecule has 4 rings (SSSR count). The predicted octanol–water partition coefficient (Wildman–Crippen LogP) is 4.36. The van der Waals surface area contributed by atoms with E-state index in [2.05, 4.69) is 26.6 Å². The van der Waals surface area contributed by atoms with Crippen molar-refractivity contribution in [2.24, 2.45) is 0 Å². The highest BCUT2D eigenvalue weighted by Gasteiger charge is 2.16. The van der Waals surface area contributed by atoms with Crippen LogP contribution in [-0.2, 0) is 6.54 Å². The quantitative estimate of drug-likeness (QED) is 0.602. The molecule has 2 N–H and O–H groups in total. The van der Waals surface area contributed by atoms with Crippen molar-refractivity contribution >= 4 is 33.4 Å². The number of halogens is 1. The number of para-hydroxylation sites is 1. The maximum atomic E-state index is 12.7. The van der Waals surface area contributed by atoms with E-state index in [1.54, 1.807) is 42.5 Å². The first kappa shape index (κ1) is 19.0. The molecular formula is C22H17BrN2O4. The number of carbonyl (C=O) groups is 2. The van der Waals surface area contributed by atoms with Crippen LogP contribution in [0.25, 0.3) is 0 Å². The van der Waals surface area contributed by atoms with Gasteiger partial charge in [0.05, 0.1) is 11.3 Å². The molecule has 0 spiro atoms. The number of carbonyl (C=O) groups excluding carboxylic acids is 2. The smallest absolute Gasteiger partial charge is 0.255 e. The standard InChI is InChI=1S/C22H17BrN2O4/c23-16-5-3-4-15(11-16)21(26)25-18-7-2-1-6-17(18)22(27)24-12-14-8-9-19-20(10-14)29-13-28-19/h1-11H,12-13H2,(H,24,27)(H,25,26). The third kappa shape index (κ3) is 4.41. The lowest BCUT2D eigenvalue weighted by Crippen LogP contribution is -2.24. The molecule has 1 heterocycles. The predicted molar refractivity (Wildman–Crippen MR) is 112 cm³/mol. The van der Waals surface area contributed by atoms with Crippen LogP contribution in [0, 0.1) is 0 Å². The van der Waals surface area contributed by atoms with Gasteiger partial charge in [-0.2, -0.15) is 0 Å². The van der Waals surface area contributed by atoms with Gasteiger partial charge in [0, 0.05) is 16.6 Å². The summed E-state index contributed by atoms with van der Waals surface area (Å²) in [7, 11) is 0. The summed E-state index contributed by atoms with van der Waals surface area (Å²) < 4.78 is 11.5. The molecule has 2 amide bonds. The van der Waals surface area contributed by atoms with Crippen LogP contribution in [0.1, 0.15) is 26.3 Å². The summed E-state index contributed by atoms with van der Waals surface area (Å²) in [6.07, 6.45) is 0. The van der Waals surface area contributed by atoms with Gasteiger partial charge in [-0.3, -0.25) is 9.59 Å². The van der Waals surface area contributed by atoms with Gasteiger partial charge in [0.2, 0.25) is 6.79 Å². The molecule has 0 bridgehead atoms. The number of hydrogen-bond acceptors (Lipinski definition) is 4. The average molecular weight is 453 g/mol. The Morgan fingerprint density at radius 1 is 0.897 bits per heavy atom. The molecule has 0 aliphatic carbocycles. The van der Waals surface area contributed by atoms with Crippen molar-refractivity contribution in [3.8, 4) is 11.5 Å². The molecule has 0 saturated carbocycles. The van der Waals surface area contributed by atoms with Gasteiger partial charge >= 0.3 is 0 Å². The molecule has 3 aromatic carbocycles. The first-order valence-electron chi connectivity index (χ1n) is 8.93. The van der Waals surface area contributed by atoms with E-state index < -0.39 is 0 Å².